The minimum Gasteiger partial charge on any atom is -0.353 e. The Balaban J connectivity index is 1.05. The molecule has 0 N–H and O–H groups in total. The third-order valence-corrected chi connectivity index (χ3v) is 13.0. The Morgan fingerprint density at radius 1 is 0.962 bits per heavy atom. The number of thiazole rings is 1. The summed E-state index contributed by atoms with van der Waals surface area (Å²) < 4.78 is 49.9. The molecule has 1 aliphatic carbocycles. The summed E-state index contributed by atoms with van der Waals surface area (Å²) in [5, 5.41) is 0.407. The van der Waals surface area contributed by atoms with Gasteiger partial charge in [-0.05, 0) is 66.8 Å². The van der Waals surface area contributed by atoms with Crippen molar-refractivity contribution in [3.05, 3.63) is 117 Å². The van der Waals surface area contributed by atoms with E-state index in [1.165, 1.54) is 17.4 Å². The number of ketones is 2. The molecule has 53 heavy (non-hydrogen) atoms. The first-order valence-corrected chi connectivity index (χ1v) is 21.3. The summed E-state index contributed by atoms with van der Waals surface area (Å²) >= 11 is 7.77. The normalized spacial score (nSPS) is 23.3. The van der Waals surface area contributed by atoms with Crippen LogP contribution in [0, 0.1) is 5.92 Å². The molecule has 1 saturated carbocycles. The maximum atomic E-state index is 14.1. The number of carbonyl (C=O) groups excluding carboxylic acids is 2. The molecule has 3 heterocycles. The van der Waals surface area contributed by atoms with Crippen LogP contribution in [0.1, 0.15) is 107 Å². The molecule has 2 saturated heterocycles. The number of halogens is 1. The molecule has 5 atom stereocenters. The van der Waals surface area contributed by atoms with Crippen molar-refractivity contribution in [1.82, 2.24) is 4.98 Å². The molecule has 1 spiro atoms. The average Bonchev–Trinajstić information content (AvgIpc) is 3.91. The minimum atomic E-state index is -3.57. The number of rotatable bonds is 14. The molecule has 2 aliphatic heterocycles. The largest absolute Gasteiger partial charge is 0.353 e. The molecule has 3 aliphatic rings. The van der Waals surface area contributed by atoms with Crippen molar-refractivity contribution in [2.24, 2.45) is 5.92 Å². The van der Waals surface area contributed by atoms with Crippen molar-refractivity contribution in [2.45, 2.75) is 99.5 Å². The van der Waals surface area contributed by atoms with Crippen molar-refractivity contribution in [1.29, 1.82) is 0 Å². The molecule has 12 heteroatoms. The number of carbonyl (C=O) groups is 2. The number of nitrogens with zero attached hydrogens (tertiary/aromatic N) is 1. The van der Waals surface area contributed by atoms with Gasteiger partial charge in [-0.15, -0.1) is 11.3 Å². The maximum Gasteiger partial charge on any atom is 0.191 e. The van der Waals surface area contributed by atoms with Gasteiger partial charge in [-0.25, -0.2) is 13.4 Å². The van der Waals surface area contributed by atoms with Crippen molar-refractivity contribution >= 4 is 44.3 Å². The van der Waals surface area contributed by atoms with Crippen LogP contribution in [0.2, 0.25) is 5.02 Å². The molecule has 3 unspecified atom stereocenters. The van der Waals surface area contributed by atoms with Crippen molar-refractivity contribution < 1.29 is 37.0 Å². The number of hydrogen-bond donors (Lipinski definition) is 0. The first-order valence-electron chi connectivity index (χ1n) is 18.3. The summed E-state index contributed by atoms with van der Waals surface area (Å²) in [6.07, 6.45) is 7.39. The highest BCUT2D eigenvalue weighted by molar-refractivity contribution is 7.90. The van der Waals surface area contributed by atoms with Crippen molar-refractivity contribution in [3.8, 4) is 0 Å². The fourth-order valence-electron chi connectivity index (χ4n) is 7.73. The third kappa shape index (κ3) is 9.16. The second kappa shape index (κ2) is 16.6. The molecule has 3 fully saturated rings. The lowest BCUT2D eigenvalue weighted by Crippen LogP contribution is -2.27. The lowest BCUT2D eigenvalue weighted by atomic mass is 9.83. The third-order valence-electron chi connectivity index (χ3n) is 10.4. The molecule has 280 valence electrons. The molecule has 3 aromatic carbocycles. The zero-order chi connectivity index (χ0) is 37.0. The molecule has 1 aromatic heterocycles. The van der Waals surface area contributed by atoms with Crippen LogP contribution < -0.4 is 0 Å². The monoisotopic (exact) mass is 777 g/mol. The van der Waals surface area contributed by atoms with Crippen LogP contribution in [0.5, 0.6) is 0 Å². The number of benzene rings is 3. The van der Waals surface area contributed by atoms with Crippen LogP contribution in [0.4, 0.5) is 0 Å². The van der Waals surface area contributed by atoms with E-state index < -0.39 is 21.5 Å². The zero-order valence-electron chi connectivity index (χ0n) is 29.7. The van der Waals surface area contributed by atoms with E-state index in [1.807, 2.05) is 36.4 Å². The number of sulfone groups is 1. The summed E-state index contributed by atoms with van der Waals surface area (Å²) in [6, 6.07) is 24.9. The summed E-state index contributed by atoms with van der Waals surface area (Å²) in [5.41, 5.74) is 2.70. The van der Waals surface area contributed by atoms with Gasteiger partial charge in [0.25, 0.3) is 0 Å². The number of aromatic nitrogens is 1. The summed E-state index contributed by atoms with van der Waals surface area (Å²) in [6.45, 7) is 1.00. The Kier molecular flexibility index (Phi) is 11.9. The predicted molar refractivity (Wildman–Crippen MR) is 202 cm³/mol. The van der Waals surface area contributed by atoms with Gasteiger partial charge in [0.2, 0.25) is 0 Å². The highest BCUT2D eigenvalue weighted by Gasteiger charge is 2.53. The van der Waals surface area contributed by atoms with Crippen molar-refractivity contribution in [2.75, 3.05) is 12.9 Å². The van der Waals surface area contributed by atoms with E-state index in [9.17, 15) is 18.0 Å². The Morgan fingerprint density at radius 2 is 1.66 bits per heavy atom. The summed E-state index contributed by atoms with van der Waals surface area (Å²) in [7, 11) is -3.57. The molecule has 0 bridgehead atoms. The quantitative estimate of drug-likeness (QED) is 0.116. The van der Waals surface area contributed by atoms with E-state index in [0.717, 1.165) is 47.9 Å². The number of hydrogen-bond acceptors (Lipinski definition) is 10. The van der Waals surface area contributed by atoms with Crippen molar-refractivity contribution in [3.63, 3.8) is 0 Å². The standard InChI is InChI=1S/C41H44ClNO8S2/c1-53(46,47)36-18-15-30(23-33(36)42)32(34(44)16-17-35(45)40-43-25-31(52-40)26-49-37-14-8-9-21-48-37)22-27-19-20-41(24-27)50-38(28-10-4-2-5-11-28)39(51-41)29-12-6-3-7-13-29/h2-7,10-13,15,18,23,25,27,32,37-39H,8-9,14,16-17,19-22,24,26H2,1H3/t27?,32?,37?,38-,39-/m1/s1. The fourth-order valence-corrected chi connectivity index (χ4v) is 9.87. The maximum absolute atomic E-state index is 14.1. The topological polar surface area (TPSA) is 118 Å². The van der Waals surface area contributed by atoms with Crippen LogP contribution >= 0.6 is 22.9 Å². The van der Waals surface area contributed by atoms with Crippen LogP contribution in [-0.4, -0.2) is 49.9 Å². The minimum absolute atomic E-state index is 0.00235. The van der Waals surface area contributed by atoms with Gasteiger partial charge >= 0.3 is 0 Å². The molecule has 4 aromatic rings. The van der Waals surface area contributed by atoms with E-state index in [-0.39, 0.29) is 58.7 Å². The highest BCUT2D eigenvalue weighted by Crippen LogP contribution is 2.55. The van der Waals surface area contributed by atoms with Gasteiger partial charge in [0.15, 0.2) is 32.7 Å². The van der Waals surface area contributed by atoms with E-state index in [4.69, 9.17) is 30.5 Å². The molecule has 7 rings (SSSR count). The first kappa shape index (κ1) is 38.0. The average molecular weight is 778 g/mol. The second-order valence-corrected chi connectivity index (χ2v) is 17.8. The fraction of sp³-hybridized carbons (Fsp3) is 0.439. The van der Waals surface area contributed by atoms with Gasteiger partial charge in [0.1, 0.15) is 18.0 Å². The predicted octanol–water partition coefficient (Wildman–Crippen LogP) is 8.97. The Morgan fingerprint density at radius 3 is 2.28 bits per heavy atom. The number of Topliss-reactive ketones (excluding diaryl/α,β-unsaturated/α-hetero) is 2. The van der Waals surface area contributed by atoms with Crippen LogP contribution in [-0.2, 0) is 40.2 Å². The smallest absolute Gasteiger partial charge is 0.191 e. The first-order chi connectivity index (χ1) is 25.6. The van der Waals surface area contributed by atoms with Crippen LogP contribution in [0.15, 0.2) is 90.0 Å². The Hall–Kier alpha value is -3.29. The molecule has 0 radical (unpaired) electrons. The van der Waals surface area contributed by atoms with Gasteiger partial charge in [-0.3, -0.25) is 9.59 Å². The van der Waals surface area contributed by atoms with E-state index in [0.29, 0.717) is 43.0 Å². The Labute approximate surface area is 319 Å². The van der Waals surface area contributed by atoms with E-state index in [1.54, 1.807) is 18.3 Å². The molecular weight excluding hydrogens is 734 g/mol. The summed E-state index contributed by atoms with van der Waals surface area (Å²) in [5.74, 6) is -1.69. The van der Waals surface area contributed by atoms with Crippen LogP contribution in [0.25, 0.3) is 0 Å². The Bertz CT molecular complexity index is 1950. The van der Waals surface area contributed by atoms with Crippen LogP contribution in [0.3, 0.4) is 0 Å². The lowest BCUT2D eigenvalue weighted by molar-refractivity contribution is -0.173. The number of ether oxygens (including phenoxy) is 4. The highest BCUT2D eigenvalue weighted by atomic mass is 35.5. The van der Waals surface area contributed by atoms with Gasteiger partial charge in [-0.1, -0.05) is 78.3 Å². The molecule has 0 amide bonds. The van der Waals surface area contributed by atoms with Gasteiger partial charge in [-0.2, -0.15) is 0 Å². The molecule has 9 nitrogen and oxygen atoms in total. The second-order valence-electron chi connectivity index (χ2n) is 14.3. The van der Waals surface area contributed by atoms with E-state index >= 15 is 0 Å². The van der Waals surface area contributed by atoms with Gasteiger partial charge < -0.3 is 18.9 Å². The lowest BCUT2D eigenvalue weighted by Gasteiger charge is -2.25. The summed E-state index contributed by atoms with van der Waals surface area (Å²) in [4.78, 5) is 32.5. The van der Waals surface area contributed by atoms with Gasteiger partial charge in [0, 0.05) is 50.7 Å². The molecular formula is C41H44ClNO8S2. The van der Waals surface area contributed by atoms with Gasteiger partial charge in [0.05, 0.1) is 21.4 Å². The SMILES string of the molecule is CS(=O)(=O)c1ccc(C(CC2CCC3(C2)O[C@H](c2ccccc2)[C@@H](c2ccccc2)O3)C(=O)CCC(=O)c2ncc(COC3CCCCO3)s2)cc1Cl. The zero-order valence-corrected chi connectivity index (χ0v) is 32.0. The van der Waals surface area contributed by atoms with E-state index in [2.05, 4.69) is 29.2 Å².